The minimum atomic E-state index is -0.750. The van der Waals surface area contributed by atoms with E-state index in [2.05, 4.69) is 32.0 Å². The zero-order valence-corrected chi connectivity index (χ0v) is 11.7. The molecule has 1 rings (SSSR count). The van der Waals surface area contributed by atoms with Gasteiger partial charge in [-0.05, 0) is 57.2 Å². The normalized spacial score (nSPS) is 13.8. The number of benzene rings is 1. The fraction of sp³-hybridized carbons (Fsp3) is 0.533. The molecule has 0 fully saturated rings. The molecular formula is C15H22N2O. The Labute approximate surface area is 110 Å². The van der Waals surface area contributed by atoms with Gasteiger partial charge in [0.15, 0.2) is 0 Å². The van der Waals surface area contributed by atoms with Crippen LogP contribution < -0.4 is 10.5 Å². The maximum atomic E-state index is 8.82. The quantitative estimate of drug-likeness (QED) is 0.812. The summed E-state index contributed by atoms with van der Waals surface area (Å²) in [5.74, 6) is 0.964. The van der Waals surface area contributed by atoms with Crippen molar-refractivity contribution in [1.29, 1.82) is 5.26 Å². The average Bonchev–Trinajstić information content (AvgIpc) is 2.33. The van der Waals surface area contributed by atoms with Gasteiger partial charge in [-0.25, -0.2) is 0 Å². The number of nitrogens with zero attached hydrogens (tertiary/aromatic N) is 1. The van der Waals surface area contributed by atoms with Crippen LogP contribution >= 0.6 is 0 Å². The SMILES string of the molecule is Cc1ccc(C)c(OCCCC(C)(N)C#N)c1C. The zero-order valence-electron chi connectivity index (χ0n) is 11.7. The standard InChI is InChI=1S/C15H22N2O/c1-11-6-7-12(2)14(13(11)3)18-9-5-8-15(4,17)10-16/h6-7H,5,8-9,17H2,1-4H3. The van der Waals surface area contributed by atoms with Crippen LogP contribution in [0.15, 0.2) is 12.1 Å². The molecule has 1 atom stereocenters. The minimum Gasteiger partial charge on any atom is -0.493 e. The van der Waals surface area contributed by atoms with Gasteiger partial charge in [0.1, 0.15) is 11.3 Å². The average molecular weight is 246 g/mol. The summed E-state index contributed by atoms with van der Waals surface area (Å²) in [5.41, 5.74) is 8.58. The highest BCUT2D eigenvalue weighted by molar-refractivity contribution is 5.44. The lowest BCUT2D eigenvalue weighted by molar-refractivity contribution is 0.292. The molecule has 98 valence electrons. The molecule has 1 aromatic carbocycles. The Morgan fingerprint density at radius 3 is 2.50 bits per heavy atom. The highest BCUT2D eigenvalue weighted by Crippen LogP contribution is 2.26. The molecule has 3 heteroatoms. The first-order valence-corrected chi connectivity index (χ1v) is 6.27. The van der Waals surface area contributed by atoms with Crippen molar-refractivity contribution in [1.82, 2.24) is 0 Å². The van der Waals surface area contributed by atoms with Gasteiger partial charge in [0.2, 0.25) is 0 Å². The van der Waals surface area contributed by atoms with E-state index in [-0.39, 0.29) is 0 Å². The summed E-state index contributed by atoms with van der Waals surface area (Å²) in [6, 6.07) is 6.26. The van der Waals surface area contributed by atoms with Crippen LogP contribution in [0.2, 0.25) is 0 Å². The molecule has 0 radical (unpaired) electrons. The monoisotopic (exact) mass is 246 g/mol. The fourth-order valence-corrected chi connectivity index (χ4v) is 1.82. The predicted octanol–water partition coefficient (Wildman–Crippen LogP) is 3.01. The van der Waals surface area contributed by atoms with Gasteiger partial charge in [-0.2, -0.15) is 5.26 Å². The smallest absolute Gasteiger partial charge is 0.125 e. The molecule has 1 aromatic rings. The summed E-state index contributed by atoms with van der Waals surface area (Å²) >= 11 is 0. The molecule has 0 aliphatic rings. The molecule has 0 aliphatic carbocycles. The van der Waals surface area contributed by atoms with Crippen LogP contribution in [0.4, 0.5) is 0 Å². The van der Waals surface area contributed by atoms with Gasteiger partial charge in [0.25, 0.3) is 0 Å². The number of rotatable bonds is 5. The largest absolute Gasteiger partial charge is 0.493 e. The Morgan fingerprint density at radius 2 is 1.89 bits per heavy atom. The summed E-state index contributed by atoms with van der Waals surface area (Å²) in [7, 11) is 0. The van der Waals surface area contributed by atoms with Crippen LogP contribution in [0.25, 0.3) is 0 Å². The number of nitriles is 1. The highest BCUT2D eigenvalue weighted by Gasteiger charge is 2.16. The van der Waals surface area contributed by atoms with Crippen molar-refractivity contribution in [2.45, 2.75) is 46.1 Å². The Kier molecular flexibility index (Phi) is 4.75. The van der Waals surface area contributed by atoms with Gasteiger partial charge in [-0.1, -0.05) is 12.1 Å². The van der Waals surface area contributed by atoms with Crippen molar-refractivity contribution < 1.29 is 4.74 Å². The van der Waals surface area contributed by atoms with Crippen molar-refractivity contribution in [3.8, 4) is 11.8 Å². The van der Waals surface area contributed by atoms with Crippen molar-refractivity contribution in [2.24, 2.45) is 5.73 Å². The third-order valence-electron chi connectivity index (χ3n) is 3.22. The number of nitrogens with two attached hydrogens (primary N) is 1. The van der Waals surface area contributed by atoms with E-state index in [0.717, 1.165) is 17.7 Å². The highest BCUT2D eigenvalue weighted by atomic mass is 16.5. The second kappa shape index (κ2) is 5.88. The Balaban J connectivity index is 2.56. The predicted molar refractivity (Wildman–Crippen MR) is 73.6 cm³/mol. The van der Waals surface area contributed by atoms with Crippen LogP contribution in [0.5, 0.6) is 5.75 Å². The summed E-state index contributed by atoms with van der Waals surface area (Å²) in [5, 5.41) is 8.82. The van der Waals surface area contributed by atoms with Gasteiger partial charge in [0.05, 0.1) is 12.7 Å². The molecule has 1 unspecified atom stereocenters. The maximum absolute atomic E-state index is 8.82. The van der Waals surface area contributed by atoms with E-state index in [9.17, 15) is 0 Å². The van der Waals surface area contributed by atoms with E-state index in [4.69, 9.17) is 15.7 Å². The van der Waals surface area contributed by atoms with E-state index in [1.165, 1.54) is 11.1 Å². The molecule has 0 heterocycles. The maximum Gasteiger partial charge on any atom is 0.125 e. The summed E-state index contributed by atoms with van der Waals surface area (Å²) < 4.78 is 5.82. The third kappa shape index (κ3) is 3.75. The number of hydrogen-bond donors (Lipinski definition) is 1. The second-order valence-electron chi connectivity index (χ2n) is 5.13. The van der Waals surface area contributed by atoms with Crippen molar-refractivity contribution in [3.63, 3.8) is 0 Å². The molecule has 0 bridgehead atoms. The van der Waals surface area contributed by atoms with E-state index >= 15 is 0 Å². The van der Waals surface area contributed by atoms with Crippen molar-refractivity contribution >= 4 is 0 Å². The first-order chi connectivity index (χ1) is 8.37. The first-order valence-electron chi connectivity index (χ1n) is 6.27. The Morgan fingerprint density at radius 1 is 1.28 bits per heavy atom. The molecular weight excluding hydrogens is 224 g/mol. The summed E-state index contributed by atoms with van der Waals surface area (Å²) in [6.07, 6.45) is 1.43. The number of ether oxygens (including phenoxy) is 1. The topological polar surface area (TPSA) is 59.0 Å². The fourth-order valence-electron chi connectivity index (χ4n) is 1.82. The van der Waals surface area contributed by atoms with Crippen LogP contribution in [0.1, 0.15) is 36.5 Å². The van der Waals surface area contributed by atoms with Crippen LogP contribution in [-0.2, 0) is 0 Å². The van der Waals surface area contributed by atoms with Gasteiger partial charge >= 0.3 is 0 Å². The van der Waals surface area contributed by atoms with E-state index < -0.39 is 5.54 Å². The van der Waals surface area contributed by atoms with Gasteiger partial charge in [-0.3, -0.25) is 0 Å². The molecule has 0 saturated heterocycles. The molecule has 0 amide bonds. The van der Waals surface area contributed by atoms with Gasteiger partial charge in [0, 0.05) is 0 Å². The van der Waals surface area contributed by atoms with Gasteiger partial charge < -0.3 is 10.5 Å². The van der Waals surface area contributed by atoms with Crippen LogP contribution in [0, 0.1) is 32.1 Å². The Hall–Kier alpha value is -1.53. The molecule has 0 aliphatic heterocycles. The lowest BCUT2D eigenvalue weighted by Gasteiger charge is -2.17. The van der Waals surface area contributed by atoms with Gasteiger partial charge in [-0.15, -0.1) is 0 Å². The summed E-state index contributed by atoms with van der Waals surface area (Å²) in [6.45, 7) is 8.54. The lowest BCUT2D eigenvalue weighted by Crippen LogP contribution is -2.34. The second-order valence-corrected chi connectivity index (χ2v) is 5.13. The molecule has 2 N–H and O–H groups in total. The molecule has 0 aromatic heterocycles. The minimum absolute atomic E-state index is 0.597. The van der Waals surface area contributed by atoms with Crippen molar-refractivity contribution in [2.75, 3.05) is 6.61 Å². The van der Waals surface area contributed by atoms with Crippen molar-refractivity contribution in [3.05, 3.63) is 28.8 Å². The summed E-state index contributed by atoms with van der Waals surface area (Å²) in [4.78, 5) is 0. The van der Waals surface area contributed by atoms with Crippen LogP contribution in [0.3, 0.4) is 0 Å². The molecule has 18 heavy (non-hydrogen) atoms. The number of aryl methyl sites for hydroxylation is 2. The zero-order chi connectivity index (χ0) is 13.8. The first kappa shape index (κ1) is 14.5. The molecule has 0 saturated carbocycles. The van der Waals surface area contributed by atoms with Crippen LogP contribution in [-0.4, -0.2) is 12.1 Å². The molecule has 0 spiro atoms. The van der Waals surface area contributed by atoms with E-state index in [1.807, 2.05) is 6.92 Å². The lowest BCUT2D eigenvalue weighted by atomic mass is 10.00. The Bertz CT molecular complexity index is 458. The van der Waals surface area contributed by atoms with E-state index in [1.54, 1.807) is 6.92 Å². The third-order valence-corrected chi connectivity index (χ3v) is 3.22. The molecule has 3 nitrogen and oxygen atoms in total. The van der Waals surface area contributed by atoms with E-state index in [0.29, 0.717) is 13.0 Å². The number of hydrogen-bond acceptors (Lipinski definition) is 3.